The number of halogens is 1. The Hall–Kier alpha value is -4.38. The quantitative estimate of drug-likeness (QED) is 0.262. The molecule has 0 saturated heterocycles. The van der Waals surface area contributed by atoms with E-state index in [1.54, 1.807) is 13.0 Å². The van der Waals surface area contributed by atoms with Crippen molar-refractivity contribution in [1.29, 1.82) is 0 Å². The maximum Gasteiger partial charge on any atom is 0.283 e. The fraction of sp³-hybridized carbons (Fsp3) is 0.267. The van der Waals surface area contributed by atoms with Crippen molar-refractivity contribution in [3.63, 3.8) is 0 Å². The Morgan fingerprint density at radius 2 is 1.68 bits per heavy atom. The highest BCUT2D eigenvalue weighted by atomic mass is 32.2. The van der Waals surface area contributed by atoms with Gasteiger partial charge in [-0.1, -0.05) is 31.5 Å². The number of aromatic nitrogens is 3. The molecule has 4 aromatic rings. The van der Waals surface area contributed by atoms with Gasteiger partial charge < -0.3 is 9.47 Å². The summed E-state index contributed by atoms with van der Waals surface area (Å²) in [5.74, 6) is -0.639. The van der Waals surface area contributed by atoms with Gasteiger partial charge >= 0.3 is 0 Å². The van der Waals surface area contributed by atoms with Gasteiger partial charge in [0.1, 0.15) is 22.9 Å². The molecule has 0 aliphatic carbocycles. The van der Waals surface area contributed by atoms with Crippen molar-refractivity contribution in [3.8, 4) is 28.6 Å². The molecule has 2 aromatic heterocycles. The van der Waals surface area contributed by atoms with Crippen LogP contribution >= 0.6 is 0 Å². The van der Waals surface area contributed by atoms with Crippen molar-refractivity contribution in [1.82, 2.24) is 19.7 Å². The molecular weight excluding hydrogens is 547 g/mol. The molecule has 1 amide bonds. The van der Waals surface area contributed by atoms with Crippen LogP contribution in [0.3, 0.4) is 0 Å². The number of nitrogens with one attached hydrogen (secondary N) is 1. The first-order valence-electron chi connectivity index (χ1n) is 12.9. The molecule has 0 bridgehead atoms. The summed E-state index contributed by atoms with van der Waals surface area (Å²) in [7, 11) is -4.35. The lowest BCUT2D eigenvalue weighted by molar-refractivity contribution is 0.0978. The average Bonchev–Trinajstić information content (AvgIpc) is 2.89. The fourth-order valence-corrected chi connectivity index (χ4v) is 5.05. The second-order valence-electron chi connectivity index (χ2n) is 10.2. The molecule has 1 N–H and O–H groups in total. The molecule has 41 heavy (non-hydrogen) atoms. The van der Waals surface area contributed by atoms with E-state index in [-0.39, 0.29) is 17.4 Å². The van der Waals surface area contributed by atoms with Crippen LogP contribution in [-0.2, 0) is 10.0 Å². The van der Waals surface area contributed by atoms with Crippen LogP contribution in [0.4, 0.5) is 4.39 Å². The Morgan fingerprint density at radius 1 is 0.976 bits per heavy atom. The Balaban J connectivity index is 1.78. The van der Waals surface area contributed by atoms with Crippen molar-refractivity contribution < 1.29 is 27.1 Å². The number of rotatable bonds is 9. The zero-order valence-electron chi connectivity index (χ0n) is 23.6. The van der Waals surface area contributed by atoms with Gasteiger partial charge in [0, 0.05) is 17.8 Å². The highest BCUT2D eigenvalue weighted by Gasteiger charge is 2.25. The minimum Gasteiger partial charge on any atom is -0.493 e. The molecule has 2 heterocycles. The third-order valence-corrected chi connectivity index (χ3v) is 7.10. The molecule has 9 nitrogen and oxygen atoms in total. The number of carbonyl (C=O) groups is 1. The number of carbonyl (C=O) groups excluding carboxylic acids is 1. The summed E-state index contributed by atoms with van der Waals surface area (Å²) in [5.41, 5.74) is 3.50. The van der Waals surface area contributed by atoms with E-state index >= 15 is 0 Å². The molecule has 11 heteroatoms. The van der Waals surface area contributed by atoms with Crippen molar-refractivity contribution in [3.05, 3.63) is 88.6 Å². The number of amides is 1. The minimum absolute atomic E-state index is 0.148. The first kappa shape index (κ1) is 29.6. The molecule has 0 spiro atoms. The fourth-order valence-electron chi connectivity index (χ4n) is 4.13. The number of pyridine rings is 1. The van der Waals surface area contributed by atoms with Crippen LogP contribution in [0.15, 0.2) is 59.9 Å². The summed E-state index contributed by atoms with van der Waals surface area (Å²) in [5, 5.41) is -0.406. The molecule has 214 valence electrons. The van der Waals surface area contributed by atoms with E-state index in [4.69, 9.17) is 9.47 Å². The van der Waals surface area contributed by atoms with Crippen molar-refractivity contribution in [2.45, 2.75) is 46.6 Å². The van der Waals surface area contributed by atoms with E-state index in [1.807, 2.05) is 51.5 Å². The zero-order valence-corrected chi connectivity index (χ0v) is 24.5. The smallest absolute Gasteiger partial charge is 0.283 e. The monoisotopic (exact) mass is 578 g/mol. The van der Waals surface area contributed by atoms with Crippen LogP contribution in [-0.4, -0.2) is 35.9 Å². The number of benzene rings is 2. The van der Waals surface area contributed by atoms with Crippen LogP contribution < -0.4 is 14.2 Å². The van der Waals surface area contributed by atoms with Crippen molar-refractivity contribution in [2.75, 3.05) is 6.61 Å². The van der Waals surface area contributed by atoms with Crippen LogP contribution in [0.2, 0.25) is 0 Å². The van der Waals surface area contributed by atoms with E-state index in [0.717, 1.165) is 22.9 Å². The third kappa shape index (κ3) is 7.23. The summed E-state index contributed by atoms with van der Waals surface area (Å²) >= 11 is 0. The Kier molecular flexibility index (Phi) is 8.67. The van der Waals surface area contributed by atoms with E-state index in [0.29, 0.717) is 35.1 Å². The van der Waals surface area contributed by atoms with E-state index < -0.39 is 26.8 Å². The second kappa shape index (κ2) is 12.0. The molecule has 0 saturated carbocycles. The first-order chi connectivity index (χ1) is 19.3. The lowest BCUT2D eigenvalue weighted by atomic mass is 10.1. The lowest BCUT2D eigenvalue weighted by Gasteiger charge is -2.16. The van der Waals surface area contributed by atoms with Gasteiger partial charge in [-0.15, -0.1) is 0 Å². The minimum atomic E-state index is -4.35. The Bertz CT molecular complexity index is 1700. The highest BCUT2D eigenvalue weighted by Crippen LogP contribution is 2.33. The van der Waals surface area contributed by atoms with Crippen molar-refractivity contribution >= 4 is 15.9 Å². The summed E-state index contributed by atoms with van der Waals surface area (Å²) in [6.45, 7) is 11.6. The van der Waals surface area contributed by atoms with Gasteiger partial charge in [-0.3, -0.25) is 9.78 Å². The van der Waals surface area contributed by atoms with Gasteiger partial charge in [-0.05, 0) is 69.0 Å². The third-order valence-electron chi connectivity index (χ3n) is 5.89. The predicted octanol–water partition coefficient (Wildman–Crippen LogP) is 5.86. The first-order valence-corrected chi connectivity index (χ1v) is 14.4. The number of hydrogen-bond acceptors (Lipinski definition) is 8. The van der Waals surface area contributed by atoms with E-state index in [9.17, 15) is 17.6 Å². The zero-order chi connectivity index (χ0) is 29.9. The lowest BCUT2D eigenvalue weighted by Crippen LogP contribution is -2.31. The molecule has 0 unspecified atom stereocenters. The van der Waals surface area contributed by atoms with Crippen molar-refractivity contribution in [2.24, 2.45) is 5.92 Å². The molecule has 4 rings (SSSR count). The number of aryl methyl sites for hydroxylation is 4. The van der Waals surface area contributed by atoms with E-state index in [2.05, 4.69) is 15.0 Å². The number of sulfonamides is 1. The maximum atomic E-state index is 14.5. The standard InChI is InChI=1S/C30H31FN4O5S/c1-17(2)16-39-24-12-22(11-23(31)13-24)26-8-7-25(29(36)35-41(37,38)27-15-32-14-21(6)33-27)30(34-26)40-28-19(4)9-18(3)10-20(28)5/h7-15,17H,16H2,1-6H3,(H,35,36). The molecule has 0 aliphatic heterocycles. The number of hydrogen-bond donors (Lipinski definition) is 1. The Labute approximate surface area is 238 Å². The largest absolute Gasteiger partial charge is 0.493 e. The predicted molar refractivity (Wildman–Crippen MR) is 152 cm³/mol. The van der Waals surface area contributed by atoms with Gasteiger partial charge in [-0.25, -0.2) is 19.1 Å². The van der Waals surface area contributed by atoms with Crippen LogP contribution in [0.5, 0.6) is 17.4 Å². The van der Waals surface area contributed by atoms with Gasteiger partial charge in [0.15, 0.2) is 5.03 Å². The summed E-state index contributed by atoms with van der Waals surface area (Å²) < 4.78 is 54.2. The van der Waals surface area contributed by atoms with Gasteiger partial charge in [0.05, 0.1) is 24.2 Å². The van der Waals surface area contributed by atoms with Gasteiger partial charge in [0.2, 0.25) is 5.88 Å². The number of ether oxygens (including phenoxy) is 2. The molecule has 0 atom stereocenters. The average molecular weight is 579 g/mol. The van der Waals surface area contributed by atoms with Crippen LogP contribution in [0, 0.1) is 39.4 Å². The van der Waals surface area contributed by atoms with E-state index in [1.165, 1.54) is 30.5 Å². The molecule has 2 aromatic carbocycles. The Morgan fingerprint density at radius 3 is 2.34 bits per heavy atom. The molecular formula is C30H31FN4O5S. The SMILES string of the molecule is Cc1cc(C)c(Oc2nc(-c3cc(F)cc(OCC(C)C)c3)ccc2C(=O)NS(=O)(=O)c2cncc(C)n2)c(C)c1. The number of nitrogens with zero attached hydrogens (tertiary/aromatic N) is 3. The van der Waals surface area contributed by atoms with Gasteiger partial charge in [0.25, 0.3) is 15.9 Å². The summed E-state index contributed by atoms with van der Waals surface area (Å²) in [6.07, 6.45) is 2.44. The summed E-state index contributed by atoms with van der Waals surface area (Å²) in [4.78, 5) is 25.6. The van der Waals surface area contributed by atoms with Crippen LogP contribution in [0.1, 0.15) is 46.6 Å². The normalized spacial score (nSPS) is 11.4. The molecule has 0 aliphatic rings. The topological polar surface area (TPSA) is 120 Å². The summed E-state index contributed by atoms with van der Waals surface area (Å²) in [6, 6.07) is 10.9. The van der Waals surface area contributed by atoms with Crippen LogP contribution in [0.25, 0.3) is 11.3 Å². The van der Waals surface area contributed by atoms with Gasteiger partial charge in [-0.2, -0.15) is 8.42 Å². The molecule has 0 radical (unpaired) electrons. The maximum absolute atomic E-state index is 14.5. The highest BCUT2D eigenvalue weighted by molar-refractivity contribution is 7.90. The second-order valence-corrected chi connectivity index (χ2v) is 11.8. The molecule has 0 fully saturated rings.